The molecule has 1 saturated carbocycles. The predicted octanol–water partition coefficient (Wildman–Crippen LogP) is 0.503. The second kappa shape index (κ2) is 2.22. The maximum absolute atomic E-state index is 9.77. The van der Waals surface area contributed by atoms with Crippen molar-refractivity contribution >= 4 is 0 Å². The third-order valence-electron chi connectivity index (χ3n) is 1.67. The first-order valence-corrected chi connectivity index (χ1v) is 2.86. The average Bonchev–Trinajstić information content (AvgIpc) is 1.65. The molecule has 3 heteroatoms. The topological polar surface area (TPSA) is 41.5 Å². The van der Waals surface area contributed by atoms with Gasteiger partial charge in [0.05, 0.1) is 6.04 Å². The molecular weight excluding hydrogens is 104 g/mol. The summed E-state index contributed by atoms with van der Waals surface area (Å²) in [4.78, 5) is 9.77. The van der Waals surface area contributed by atoms with E-state index < -0.39 is 0 Å². The van der Waals surface area contributed by atoms with Crippen molar-refractivity contribution in [3.63, 3.8) is 0 Å². The molecule has 0 spiro atoms. The normalized spacial score (nSPS) is 36.1. The van der Waals surface area contributed by atoms with Crippen molar-refractivity contribution in [3.05, 3.63) is 4.91 Å². The van der Waals surface area contributed by atoms with E-state index in [-0.39, 0.29) is 6.04 Å². The van der Waals surface area contributed by atoms with Gasteiger partial charge in [-0.2, -0.15) is 4.91 Å². The minimum atomic E-state index is 0.104. The van der Waals surface area contributed by atoms with Crippen LogP contribution in [0.3, 0.4) is 0 Å². The van der Waals surface area contributed by atoms with Crippen molar-refractivity contribution in [3.8, 4) is 0 Å². The zero-order valence-corrected chi connectivity index (χ0v) is 4.92. The molecule has 1 rings (SSSR count). The van der Waals surface area contributed by atoms with Crippen LogP contribution in [0.2, 0.25) is 0 Å². The fraction of sp³-hybridized carbons (Fsp3) is 1.00. The van der Waals surface area contributed by atoms with Crippen LogP contribution >= 0.6 is 0 Å². The second-order valence-electron chi connectivity index (χ2n) is 2.22. The number of rotatable bonds is 2. The lowest BCUT2D eigenvalue weighted by Crippen LogP contribution is -2.41. The van der Waals surface area contributed by atoms with Gasteiger partial charge in [0.25, 0.3) is 0 Å². The highest BCUT2D eigenvalue weighted by atomic mass is 16.3. The van der Waals surface area contributed by atoms with Gasteiger partial charge in [-0.15, -0.1) is 0 Å². The first kappa shape index (κ1) is 5.69. The average molecular weight is 114 g/mol. The molecule has 0 radical (unpaired) electrons. The smallest absolute Gasteiger partial charge is 0.0949 e. The molecule has 0 aromatic carbocycles. The molecule has 0 aromatic heterocycles. The Balaban J connectivity index is 2.11. The van der Waals surface area contributed by atoms with Gasteiger partial charge < -0.3 is 5.32 Å². The lowest BCUT2D eigenvalue weighted by Gasteiger charge is -2.29. The highest BCUT2D eigenvalue weighted by Gasteiger charge is 2.28. The van der Waals surface area contributed by atoms with Crippen LogP contribution in [0.5, 0.6) is 0 Å². The van der Waals surface area contributed by atoms with E-state index in [0.717, 1.165) is 12.8 Å². The Morgan fingerprint density at radius 1 is 1.62 bits per heavy atom. The molecule has 8 heavy (non-hydrogen) atoms. The summed E-state index contributed by atoms with van der Waals surface area (Å²) >= 11 is 0. The summed E-state index contributed by atoms with van der Waals surface area (Å²) < 4.78 is 0. The van der Waals surface area contributed by atoms with Crippen molar-refractivity contribution in [2.24, 2.45) is 5.18 Å². The number of nitrogens with one attached hydrogen (secondary N) is 1. The van der Waals surface area contributed by atoms with Gasteiger partial charge in [0, 0.05) is 6.04 Å². The van der Waals surface area contributed by atoms with Crippen molar-refractivity contribution in [2.45, 2.75) is 24.9 Å². The fourth-order valence-electron chi connectivity index (χ4n) is 0.910. The summed E-state index contributed by atoms with van der Waals surface area (Å²) in [6.45, 7) is 0. The lowest BCUT2D eigenvalue weighted by molar-refractivity contribution is 0.308. The lowest BCUT2D eigenvalue weighted by atomic mass is 9.88. The Hall–Kier alpha value is -0.440. The Morgan fingerprint density at radius 3 is 2.62 bits per heavy atom. The van der Waals surface area contributed by atoms with Gasteiger partial charge in [-0.25, -0.2) is 0 Å². The summed E-state index contributed by atoms with van der Waals surface area (Å²) in [5.41, 5.74) is 0. The highest BCUT2D eigenvalue weighted by Crippen LogP contribution is 2.21. The maximum atomic E-state index is 9.77. The van der Waals surface area contributed by atoms with E-state index in [1.807, 2.05) is 7.05 Å². The van der Waals surface area contributed by atoms with E-state index >= 15 is 0 Å². The van der Waals surface area contributed by atoms with E-state index in [4.69, 9.17) is 0 Å². The van der Waals surface area contributed by atoms with Crippen LogP contribution in [-0.4, -0.2) is 19.1 Å². The first-order valence-electron chi connectivity index (χ1n) is 2.86. The molecule has 0 amide bonds. The predicted molar refractivity (Wildman–Crippen MR) is 31.7 cm³/mol. The van der Waals surface area contributed by atoms with Gasteiger partial charge in [0.1, 0.15) is 0 Å². The van der Waals surface area contributed by atoms with Gasteiger partial charge in [0.2, 0.25) is 0 Å². The standard InChI is InChI=1S/C5H10N2O/c1-6-4-2-5(3-4)7-8/h4-6H,2-3H2,1H3. The minimum absolute atomic E-state index is 0.104. The molecule has 1 fully saturated rings. The molecule has 0 heterocycles. The molecule has 1 aliphatic carbocycles. The van der Waals surface area contributed by atoms with Crippen molar-refractivity contribution in [2.75, 3.05) is 7.05 Å². The maximum Gasteiger partial charge on any atom is 0.0949 e. The van der Waals surface area contributed by atoms with Crippen molar-refractivity contribution in [1.29, 1.82) is 0 Å². The Bertz CT molecular complexity index is 88.4. The molecule has 1 N–H and O–H groups in total. The Morgan fingerprint density at radius 2 is 2.25 bits per heavy atom. The van der Waals surface area contributed by atoms with Gasteiger partial charge in [-0.05, 0) is 19.9 Å². The molecule has 3 nitrogen and oxygen atoms in total. The quantitative estimate of drug-likeness (QED) is 0.531. The number of hydrogen-bond acceptors (Lipinski definition) is 3. The SMILES string of the molecule is CNC1CC(N=O)C1. The number of nitrogens with zero attached hydrogens (tertiary/aromatic N) is 1. The third-order valence-corrected chi connectivity index (χ3v) is 1.67. The zero-order chi connectivity index (χ0) is 5.98. The van der Waals surface area contributed by atoms with Crippen LogP contribution in [0.1, 0.15) is 12.8 Å². The molecular formula is C5H10N2O. The Kier molecular flexibility index (Phi) is 1.58. The van der Waals surface area contributed by atoms with Crippen LogP contribution in [-0.2, 0) is 0 Å². The zero-order valence-electron chi connectivity index (χ0n) is 4.92. The summed E-state index contributed by atoms with van der Waals surface area (Å²) in [6, 6.07) is 0.658. The van der Waals surface area contributed by atoms with Crippen LogP contribution in [0.15, 0.2) is 5.18 Å². The number of hydrogen-bond donors (Lipinski definition) is 1. The Labute approximate surface area is 48.4 Å². The monoisotopic (exact) mass is 114 g/mol. The van der Waals surface area contributed by atoms with E-state index in [0.29, 0.717) is 6.04 Å². The van der Waals surface area contributed by atoms with Crippen LogP contribution in [0, 0.1) is 4.91 Å². The van der Waals surface area contributed by atoms with E-state index in [2.05, 4.69) is 10.5 Å². The molecule has 0 unspecified atom stereocenters. The molecule has 0 aliphatic heterocycles. The molecule has 0 saturated heterocycles. The first-order chi connectivity index (χ1) is 3.86. The molecule has 0 aromatic rings. The number of nitroso groups, excluding NO2 is 1. The second-order valence-corrected chi connectivity index (χ2v) is 2.22. The largest absolute Gasteiger partial charge is 0.317 e. The molecule has 0 bridgehead atoms. The van der Waals surface area contributed by atoms with Crippen LogP contribution in [0.25, 0.3) is 0 Å². The molecule has 46 valence electrons. The van der Waals surface area contributed by atoms with Crippen molar-refractivity contribution < 1.29 is 0 Å². The minimum Gasteiger partial charge on any atom is -0.317 e. The van der Waals surface area contributed by atoms with Gasteiger partial charge >= 0.3 is 0 Å². The van der Waals surface area contributed by atoms with E-state index in [1.54, 1.807) is 0 Å². The summed E-state index contributed by atoms with van der Waals surface area (Å²) in [5.74, 6) is 0. The van der Waals surface area contributed by atoms with Crippen molar-refractivity contribution in [1.82, 2.24) is 5.32 Å². The van der Waals surface area contributed by atoms with Gasteiger partial charge in [-0.1, -0.05) is 5.18 Å². The summed E-state index contributed by atoms with van der Waals surface area (Å²) in [6.07, 6.45) is 1.86. The molecule has 0 atom stereocenters. The summed E-state index contributed by atoms with van der Waals surface area (Å²) in [7, 11) is 1.91. The fourth-order valence-corrected chi connectivity index (χ4v) is 0.910. The molecule has 1 aliphatic rings. The van der Waals surface area contributed by atoms with Crippen LogP contribution in [0.4, 0.5) is 0 Å². The van der Waals surface area contributed by atoms with Crippen LogP contribution < -0.4 is 5.32 Å². The van der Waals surface area contributed by atoms with E-state index in [9.17, 15) is 4.91 Å². The van der Waals surface area contributed by atoms with Gasteiger partial charge in [0.15, 0.2) is 0 Å². The van der Waals surface area contributed by atoms with Gasteiger partial charge in [-0.3, -0.25) is 0 Å². The highest BCUT2D eigenvalue weighted by molar-refractivity contribution is 4.88. The van der Waals surface area contributed by atoms with E-state index in [1.165, 1.54) is 0 Å². The summed E-state index contributed by atoms with van der Waals surface area (Å²) in [5, 5.41) is 5.97. The third kappa shape index (κ3) is 0.865.